The molecule has 1 atom stereocenters. The molecule has 0 aliphatic rings. The number of hydrogen-bond acceptors (Lipinski definition) is 5. The number of hydrogen-bond donors (Lipinski definition) is 1. The summed E-state index contributed by atoms with van der Waals surface area (Å²) >= 11 is 3.27. The van der Waals surface area contributed by atoms with Gasteiger partial charge in [0.25, 0.3) is 5.89 Å². The van der Waals surface area contributed by atoms with Gasteiger partial charge in [0.2, 0.25) is 5.82 Å². The average Bonchev–Trinajstić information content (AvgIpc) is 2.87. The number of nitrogens with two attached hydrogens (primary N) is 1. The lowest BCUT2D eigenvalue weighted by Gasteiger charge is -2.22. The number of ether oxygens (including phenoxy) is 1. The summed E-state index contributed by atoms with van der Waals surface area (Å²) in [5.41, 5.74) is 2.99. The summed E-state index contributed by atoms with van der Waals surface area (Å²) in [7, 11) is 1.50. The summed E-state index contributed by atoms with van der Waals surface area (Å²) in [4.78, 5) is 3.73. The van der Waals surface area contributed by atoms with Crippen LogP contribution in [0.4, 0.5) is 13.2 Å². The first-order valence-corrected chi connectivity index (χ1v) is 6.50. The van der Waals surface area contributed by atoms with Gasteiger partial charge >= 0.3 is 6.18 Å². The van der Waals surface area contributed by atoms with Crippen molar-refractivity contribution in [1.29, 1.82) is 0 Å². The van der Waals surface area contributed by atoms with Gasteiger partial charge in [0, 0.05) is 5.56 Å². The summed E-state index contributed by atoms with van der Waals surface area (Å²) in [6, 6.07) is 4.83. The van der Waals surface area contributed by atoms with E-state index in [2.05, 4.69) is 30.6 Å². The zero-order valence-electron chi connectivity index (χ0n) is 11.0. The van der Waals surface area contributed by atoms with Crippen molar-refractivity contribution in [3.05, 3.63) is 28.6 Å². The Morgan fingerprint density at radius 3 is 2.52 bits per heavy atom. The number of alkyl halides is 3. The lowest BCUT2D eigenvalue weighted by Crippen LogP contribution is -2.47. The van der Waals surface area contributed by atoms with Crippen LogP contribution in [0.3, 0.4) is 0 Å². The first-order valence-electron chi connectivity index (χ1n) is 5.70. The topological polar surface area (TPSA) is 74.2 Å². The molecule has 0 aliphatic heterocycles. The van der Waals surface area contributed by atoms with Crippen molar-refractivity contribution in [1.82, 2.24) is 10.1 Å². The van der Waals surface area contributed by atoms with Gasteiger partial charge in [0.05, 0.1) is 11.6 Å². The van der Waals surface area contributed by atoms with Crippen LogP contribution in [0.15, 0.2) is 27.2 Å². The van der Waals surface area contributed by atoms with E-state index in [1.54, 1.807) is 18.2 Å². The molecule has 0 radical (unpaired) electrons. The molecule has 1 heterocycles. The van der Waals surface area contributed by atoms with E-state index in [0.29, 0.717) is 15.8 Å². The van der Waals surface area contributed by atoms with Crippen molar-refractivity contribution in [3.8, 4) is 17.1 Å². The second-order valence-electron chi connectivity index (χ2n) is 4.47. The number of halogens is 4. The molecule has 2 aromatic rings. The largest absolute Gasteiger partial charge is 0.496 e. The van der Waals surface area contributed by atoms with Crippen LogP contribution < -0.4 is 10.5 Å². The molecule has 2 N–H and O–H groups in total. The van der Waals surface area contributed by atoms with Gasteiger partial charge in [-0.2, -0.15) is 18.2 Å². The Morgan fingerprint density at radius 1 is 1.33 bits per heavy atom. The van der Waals surface area contributed by atoms with Gasteiger partial charge in [-0.25, -0.2) is 0 Å². The molecule has 0 aliphatic carbocycles. The third-order valence-electron chi connectivity index (χ3n) is 2.87. The summed E-state index contributed by atoms with van der Waals surface area (Å²) in [6.45, 7) is 0.772. The van der Waals surface area contributed by atoms with Gasteiger partial charge in [-0.05, 0) is 41.1 Å². The van der Waals surface area contributed by atoms with Crippen LogP contribution in [0.25, 0.3) is 11.4 Å². The first kappa shape index (κ1) is 15.8. The number of aromatic nitrogens is 2. The Kier molecular flexibility index (Phi) is 3.98. The molecule has 0 saturated heterocycles. The van der Waals surface area contributed by atoms with E-state index in [1.165, 1.54) is 7.11 Å². The third kappa shape index (κ3) is 2.88. The molecular formula is C12H11BrF3N3O2. The number of nitrogens with zero attached hydrogens (tertiary/aromatic N) is 2. The summed E-state index contributed by atoms with van der Waals surface area (Å²) < 4.78 is 48.8. The Morgan fingerprint density at radius 2 is 2.00 bits per heavy atom. The highest BCUT2D eigenvalue weighted by molar-refractivity contribution is 9.10. The Bertz CT molecular complexity index is 655. The monoisotopic (exact) mass is 365 g/mol. The smallest absolute Gasteiger partial charge is 0.415 e. The van der Waals surface area contributed by atoms with Crippen molar-refractivity contribution in [3.63, 3.8) is 0 Å². The molecule has 0 saturated carbocycles. The molecule has 0 fully saturated rings. The van der Waals surface area contributed by atoms with E-state index in [0.717, 1.165) is 6.92 Å². The van der Waals surface area contributed by atoms with Crippen molar-refractivity contribution in [2.75, 3.05) is 7.11 Å². The van der Waals surface area contributed by atoms with Crippen LogP contribution in [0.2, 0.25) is 0 Å². The molecule has 5 nitrogen and oxygen atoms in total. The van der Waals surface area contributed by atoms with Crippen LogP contribution in [0.1, 0.15) is 12.8 Å². The van der Waals surface area contributed by atoms with Gasteiger partial charge < -0.3 is 15.0 Å². The van der Waals surface area contributed by atoms with Gasteiger partial charge in [0.15, 0.2) is 5.54 Å². The molecule has 0 spiro atoms. The van der Waals surface area contributed by atoms with Gasteiger partial charge in [0.1, 0.15) is 5.75 Å². The second-order valence-corrected chi connectivity index (χ2v) is 5.33. The van der Waals surface area contributed by atoms with E-state index >= 15 is 0 Å². The highest BCUT2D eigenvalue weighted by Gasteiger charge is 2.53. The van der Waals surface area contributed by atoms with E-state index in [-0.39, 0.29) is 5.82 Å². The van der Waals surface area contributed by atoms with E-state index in [1.807, 2.05) is 0 Å². The molecule has 1 aromatic heterocycles. The predicted octanol–water partition coefficient (Wildman–Crippen LogP) is 3.24. The van der Waals surface area contributed by atoms with E-state index < -0.39 is 17.6 Å². The van der Waals surface area contributed by atoms with Gasteiger partial charge in [-0.15, -0.1) is 0 Å². The van der Waals surface area contributed by atoms with Gasteiger partial charge in [-0.3, -0.25) is 0 Å². The van der Waals surface area contributed by atoms with Crippen molar-refractivity contribution >= 4 is 15.9 Å². The standard InChI is InChI=1S/C12H11BrF3N3O2/c1-11(17,12(14,15)16)10-18-9(19-21-10)6-3-4-8(20-2)7(13)5-6/h3-5H,17H2,1-2H3. The molecule has 2 rings (SSSR count). The Hall–Kier alpha value is -1.61. The van der Waals surface area contributed by atoms with Crippen LogP contribution in [0, 0.1) is 0 Å². The zero-order valence-corrected chi connectivity index (χ0v) is 12.6. The first-order chi connectivity index (χ1) is 9.66. The van der Waals surface area contributed by atoms with Crippen molar-refractivity contribution in [2.24, 2.45) is 5.73 Å². The van der Waals surface area contributed by atoms with Crippen LogP contribution in [0.5, 0.6) is 5.75 Å². The molecule has 0 amide bonds. The van der Waals surface area contributed by atoms with Crippen LogP contribution >= 0.6 is 15.9 Å². The molecular weight excluding hydrogens is 355 g/mol. The fraction of sp³-hybridized carbons (Fsp3) is 0.333. The molecule has 114 valence electrons. The quantitative estimate of drug-likeness (QED) is 0.903. The minimum Gasteiger partial charge on any atom is -0.496 e. The summed E-state index contributed by atoms with van der Waals surface area (Å²) in [5, 5.41) is 3.54. The van der Waals surface area contributed by atoms with E-state index in [9.17, 15) is 13.2 Å². The minimum absolute atomic E-state index is 0.00859. The maximum atomic E-state index is 12.8. The molecule has 1 aromatic carbocycles. The number of benzene rings is 1. The molecule has 1 unspecified atom stereocenters. The lowest BCUT2D eigenvalue weighted by atomic mass is 10.0. The van der Waals surface area contributed by atoms with Gasteiger partial charge in [-0.1, -0.05) is 5.16 Å². The van der Waals surface area contributed by atoms with E-state index in [4.69, 9.17) is 10.5 Å². The SMILES string of the molecule is COc1ccc(-c2noc(C(C)(N)C(F)(F)F)n2)cc1Br. The molecule has 21 heavy (non-hydrogen) atoms. The average molecular weight is 366 g/mol. The van der Waals surface area contributed by atoms with Crippen LogP contribution in [-0.4, -0.2) is 23.4 Å². The van der Waals surface area contributed by atoms with Crippen molar-refractivity contribution < 1.29 is 22.4 Å². The van der Waals surface area contributed by atoms with Crippen molar-refractivity contribution in [2.45, 2.75) is 18.6 Å². The minimum atomic E-state index is -4.70. The maximum Gasteiger partial charge on any atom is 0.415 e. The van der Waals surface area contributed by atoms with Crippen LogP contribution in [-0.2, 0) is 5.54 Å². The zero-order chi connectivity index (χ0) is 15.8. The number of methoxy groups -OCH3 is 1. The normalized spacial score (nSPS) is 14.8. The summed E-state index contributed by atoms with van der Waals surface area (Å²) in [5.74, 6) is -0.118. The number of rotatable bonds is 3. The fourth-order valence-corrected chi connectivity index (χ4v) is 2.02. The lowest BCUT2D eigenvalue weighted by molar-refractivity contribution is -0.190. The summed E-state index contributed by atoms with van der Waals surface area (Å²) in [6.07, 6.45) is -4.70. The Labute approximate surface area is 126 Å². The third-order valence-corrected chi connectivity index (χ3v) is 3.49. The predicted molar refractivity (Wildman–Crippen MR) is 71.6 cm³/mol. The maximum absolute atomic E-state index is 12.8. The highest BCUT2D eigenvalue weighted by atomic mass is 79.9. The second kappa shape index (κ2) is 5.30. The Balaban J connectivity index is 2.39. The fourth-order valence-electron chi connectivity index (χ4n) is 1.48. The highest BCUT2D eigenvalue weighted by Crippen LogP contribution is 2.36. The molecule has 0 bridgehead atoms. The molecule has 9 heteroatoms.